The smallest absolute Gasteiger partial charge is 0.488 e. The number of aliphatic hydroxyl groups is 1. The Morgan fingerprint density at radius 1 is 1.21 bits per heavy atom. The van der Waals surface area contributed by atoms with Crippen LogP contribution in [0.4, 0.5) is 19.0 Å². The van der Waals surface area contributed by atoms with Gasteiger partial charge in [0, 0.05) is 26.0 Å². The first kappa shape index (κ1) is 31.8. The second-order valence-corrected chi connectivity index (χ2v) is 9.86. The van der Waals surface area contributed by atoms with E-state index in [4.69, 9.17) is 15.4 Å². The molecule has 2 amide bonds. The third-order valence-electron chi connectivity index (χ3n) is 6.12. The molecule has 0 aliphatic carbocycles. The zero-order valence-corrected chi connectivity index (χ0v) is 23.3. The summed E-state index contributed by atoms with van der Waals surface area (Å²) in [6.07, 6.45) is -6.87. The first-order valence-electron chi connectivity index (χ1n) is 13.4. The summed E-state index contributed by atoms with van der Waals surface area (Å²) in [5.41, 5.74) is 0.374. The number of hydrogen-bond acceptors (Lipinski definition) is 12. The van der Waals surface area contributed by atoms with Crippen molar-refractivity contribution in [2.45, 2.75) is 76.2 Å². The van der Waals surface area contributed by atoms with Crippen molar-refractivity contribution >= 4 is 42.8 Å². The normalized spacial score (nSPS) is 21.3. The van der Waals surface area contributed by atoms with E-state index in [-0.39, 0.29) is 61.7 Å². The fourth-order valence-corrected chi connectivity index (χ4v) is 4.70. The topological polar surface area (TPSA) is 207 Å². The van der Waals surface area contributed by atoms with E-state index in [0.717, 1.165) is 0 Å². The van der Waals surface area contributed by atoms with E-state index in [0.29, 0.717) is 6.42 Å². The van der Waals surface area contributed by atoms with Crippen molar-refractivity contribution < 1.29 is 56.1 Å². The van der Waals surface area contributed by atoms with Gasteiger partial charge in [0.25, 0.3) is 0 Å². The van der Waals surface area contributed by atoms with Crippen molar-refractivity contribution in [1.29, 1.82) is 1.43 Å². The van der Waals surface area contributed by atoms with Crippen molar-refractivity contribution in [2.75, 3.05) is 25.1 Å². The monoisotopic (exact) mass is 624 g/mol. The average Bonchev–Trinajstić information content (AvgIpc) is 3.51. The van der Waals surface area contributed by atoms with Gasteiger partial charge in [0.05, 0.1) is 12.4 Å². The van der Waals surface area contributed by atoms with Gasteiger partial charge in [-0.05, 0) is 30.2 Å². The fraction of sp³-hybridized carbons (Fsp3) is 0.652. The highest BCUT2D eigenvalue weighted by atomic mass is 31.1. The molecule has 2 aromatic heterocycles. The molecule has 1 saturated heterocycles. The van der Waals surface area contributed by atoms with Gasteiger partial charge in [0.2, 0.25) is 19.0 Å². The lowest BCUT2D eigenvalue weighted by molar-refractivity contribution is -0.194. The maximum absolute atomic E-state index is 12.4. The highest BCUT2D eigenvalue weighted by Crippen LogP contribution is 2.40. The van der Waals surface area contributed by atoms with Crippen LogP contribution in [0.3, 0.4) is 0 Å². The number of fused-ring (bicyclic) bond motifs is 1. The molecule has 3 rings (SSSR count). The second kappa shape index (κ2) is 15.4. The van der Waals surface area contributed by atoms with Crippen LogP contribution in [-0.2, 0) is 32.9 Å². The fourth-order valence-electron chi connectivity index (χ4n) is 4.25. The third kappa shape index (κ3) is 8.92. The molecule has 1 aliphatic rings. The molecule has 0 aromatic carbocycles. The number of rotatable bonds is 17. The molecule has 0 spiro atoms. The number of halogens is 3. The molecule has 1 aliphatic heterocycles. The van der Waals surface area contributed by atoms with Gasteiger partial charge in [0.15, 0.2) is 29.3 Å². The lowest BCUT2D eigenvalue weighted by atomic mass is 10.1. The van der Waals surface area contributed by atoms with E-state index in [2.05, 4.69) is 30.7 Å². The van der Waals surface area contributed by atoms with Crippen LogP contribution in [-0.4, -0.2) is 87.9 Å². The lowest BCUT2D eigenvalue weighted by Crippen LogP contribution is -2.39. The van der Waals surface area contributed by atoms with E-state index in [9.17, 15) is 37.0 Å². The van der Waals surface area contributed by atoms with Crippen LogP contribution in [0, 0.1) is 0 Å². The van der Waals surface area contributed by atoms with Gasteiger partial charge in [-0.1, -0.05) is 6.92 Å². The van der Waals surface area contributed by atoms with Crippen molar-refractivity contribution in [3.05, 3.63) is 12.7 Å². The van der Waals surface area contributed by atoms with Gasteiger partial charge in [-0.15, -0.1) is 4.52 Å². The number of nitrogens with zero attached hydrogens (tertiary/aromatic N) is 4. The Bertz CT molecular complexity index is 1290. The van der Waals surface area contributed by atoms with E-state index in [1.54, 1.807) is 0 Å². The number of hydrogen-bond donors (Lipinski definition) is 3. The summed E-state index contributed by atoms with van der Waals surface area (Å²) in [6, 6.07) is 0. The SMILES string of the molecule is [3H]OCCC[C@H]1O[C@@H](n2cnc3c(NC(=O)CCC)ncnc32)[C@@H](OCC(=O)NCCCC(=O)C(F)(F)F)C1O[P+](=O)[O-]. The Morgan fingerprint density at radius 3 is 2.69 bits per heavy atom. The van der Waals surface area contributed by atoms with Crippen LogP contribution in [0.2, 0.25) is 0 Å². The number of anilines is 1. The molecule has 15 nitrogen and oxygen atoms in total. The number of amides is 2. The van der Waals surface area contributed by atoms with Crippen LogP contribution < -0.4 is 15.5 Å². The number of alkyl halides is 3. The molecule has 0 radical (unpaired) electrons. The molecule has 3 N–H and O–H groups in total. The summed E-state index contributed by atoms with van der Waals surface area (Å²) in [5, 5.41) is 9.31. The van der Waals surface area contributed by atoms with Gasteiger partial charge in [-0.3, -0.25) is 19.0 Å². The van der Waals surface area contributed by atoms with Crippen molar-refractivity contribution in [2.24, 2.45) is 0 Å². The summed E-state index contributed by atoms with van der Waals surface area (Å²) >= 11 is 0. The Labute approximate surface area is 239 Å². The molecule has 2 unspecified atom stereocenters. The third-order valence-corrected chi connectivity index (χ3v) is 6.54. The Balaban J connectivity index is 1.81. The first-order chi connectivity index (χ1) is 20.5. The number of Topliss-reactive ketones (excluding diaryl/α,β-unsaturated/α-hetero) is 1. The molecule has 19 heteroatoms. The molecular formula is C23H30F3N6O9P. The largest absolute Gasteiger partial charge is 0.566 e. The molecule has 232 valence electrons. The Hall–Kier alpha value is -3.15. The number of ether oxygens (including phenoxy) is 2. The highest BCUT2D eigenvalue weighted by molar-refractivity contribution is 7.30. The average molecular weight is 625 g/mol. The zero-order chi connectivity index (χ0) is 31.6. The van der Waals surface area contributed by atoms with Crippen LogP contribution >= 0.6 is 8.25 Å². The minimum atomic E-state index is -4.96. The van der Waals surface area contributed by atoms with Crippen LogP contribution in [0.1, 0.15) is 51.7 Å². The number of carbonyl (C=O) groups is 3. The predicted octanol–water partition coefficient (Wildman–Crippen LogP) is 1.05. The van der Waals surface area contributed by atoms with E-state index >= 15 is 0 Å². The molecule has 2 aromatic rings. The van der Waals surface area contributed by atoms with Crippen molar-refractivity contribution in [1.82, 2.24) is 24.8 Å². The standard InChI is InChI=1S/C23H30F3N6O9P/c1-2-5-15(35)31-20-17-21(29-11-28-20)32(12-30-17)22-19(18(41-42(37)38)13(40-22)6-4-9-33)39-10-16(36)27-8-3-7-14(34)23(24,25)26/h11-13,18-19,22,33H,2-10H2,1H3,(H,27,36)(H,28,29,31,35)/t13-,18?,19+,22-/m1/s1/i33T. The Kier molecular flexibility index (Phi) is 11.6. The predicted molar refractivity (Wildman–Crippen MR) is 135 cm³/mol. The van der Waals surface area contributed by atoms with Crippen molar-refractivity contribution in [3.63, 3.8) is 0 Å². The van der Waals surface area contributed by atoms with Gasteiger partial charge >= 0.3 is 14.4 Å². The maximum Gasteiger partial charge on any atom is 0.488 e. The number of imidazole rings is 1. The number of aliphatic hydroxyl groups excluding tert-OH is 1. The quantitative estimate of drug-likeness (QED) is 0.167. The summed E-state index contributed by atoms with van der Waals surface area (Å²) < 4.78 is 74.0. The number of ketones is 1. The van der Waals surface area contributed by atoms with Gasteiger partial charge in [-0.2, -0.15) is 13.2 Å². The van der Waals surface area contributed by atoms with Gasteiger partial charge in [0.1, 0.15) is 19.0 Å². The van der Waals surface area contributed by atoms with Gasteiger partial charge in [-0.25, -0.2) is 15.0 Å². The van der Waals surface area contributed by atoms with Crippen molar-refractivity contribution in [3.8, 4) is 0 Å². The number of carbonyl (C=O) groups excluding carboxylic acids is 3. The van der Waals surface area contributed by atoms with Crippen LogP contribution in [0.5, 0.6) is 0 Å². The van der Waals surface area contributed by atoms with E-state index in [1.807, 2.05) is 6.92 Å². The second-order valence-electron chi connectivity index (χ2n) is 9.20. The molecule has 5 atom stereocenters. The molecule has 1 fully saturated rings. The summed E-state index contributed by atoms with van der Waals surface area (Å²) in [6.45, 7) is 0.924. The minimum Gasteiger partial charge on any atom is -0.566 e. The molecule has 42 heavy (non-hydrogen) atoms. The first-order valence-corrected chi connectivity index (χ1v) is 14.1. The number of aromatic nitrogens is 4. The molecule has 0 bridgehead atoms. The molecular weight excluding hydrogens is 592 g/mol. The van der Waals surface area contributed by atoms with Crippen LogP contribution in [0.15, 0.2) is 12.7 Å². The van der Waals surface area contributed by atoms with Crippen LogP contribution in [0.25, 0.3) is 11.2 Å². The number of nitrogens with one attached hydrogen (secondary N) is 2. The summed E-state index contributed by atoms with van der Waals surface area (Å²) in [5.74, 6) is -2.84. The summed E-state index contributed by atoms with van der Waals surface area (Å²) in [7, 11) is -3.42. The lowest BCUT2D eigenvalue weighted by Gasteiger charge is -2.22. The minimum absolute atomic E-state index is 0.00752. The maximum atomic E-state index is 12.4. The van der Waals surface area contributed by atoms with Gasteiger partial charge < -0.3 is 30.1 Å². The molecule has 0 saturated carbocycles. The Morgan fingerprint density at radius 2 is 2.00 bits per heavy atom. The highest BCUT2D eigenvalue weighted by Gasteiger charge is 2.50. The van der Waals surface area contributed by atoms with E-state index in [1.165, 1.54) is 17.2 Å². The zero-order valence-electron chi connectivity index (χ0n) is 23.4. The van der Waals surface area contributed by atoms with E-state index < -0.39 is 63.7 Å². The molecule has 3 heterocycles. The summed E-state index contributed by atoms with van der Waals surface area (Å²) in [4.78, 5) is 59.7.